The van der Waals surface area contributed by atoms with Gasteiger partial charge in [0.1, 0.15) is 11.4 Å². The zero-order valence-electron chi connectivity index (χ0n) is 17.5. The predicted octanol–water partition coefficient (Wildman–Crippen LogP) is 3.88. The van der Waals surface area contributed by atoms with Crippen LogP contribution in [0.3, 0.4) is 0 Å². The van der Waals surface area contributed by atoms with Crippen LogP contribution in [0.25, 0.3) is 22.1 Å². The van der Waals surface area contributed by atoms with Gasteiger partial charge in [-0.3, -0.25) is 9.79 Å². The number of H-pyrrole nitrogens is 1. The number of para-hydroxylation sites is 1. The predicted molar refractivity (Wildman–Crippen MR) is 124 cm³/mol. The molecular formula is C23H22FN7O. The maximum atomic E-state index is 13.6. The molecule has 3 heterocycles. The maximum Gasteiger partial charge on any atom is 0.254 e. The van der Waals surface area contributed by atoms with Crippen molar-refractivity contribution in [2.24, 2.45) is 10.7 Å². The molecule has 0 radical (unpaired) electrons. The quantitative estimate of drug-likeness (QED) is 0.290. The van der Waals surface area contributed by atoms with E-state index in [4.69, 9.17) is 5.73 Å². The summed E-state index contributed by atoms with van der Waals surface area (Å²) in [5.74, 6) is -0.491. The summed E-state index contributed by atoms with van der Waals surface area (Å²) in [4.78, 5) is 23.3. The molecular weight excluding hydrogens is 409 g/mol. The Morgan fingerprint density at radius 2 is 2.22 bits per heavy atom. The number of rotatable bonds is 8. The minimum Gasteiger partial charge on any atom is -0.370 e. The van der Waals surface area contributed by atoms with Crippen LogP contribution in [0.15, 0.2) is 65.8 Å². The number of hydrogen-bond acceptors (Lipinski definition) is 5. The Bertz CT molecular complexity index is 1380. The fourth-order valence-electron chi connectivity index (χ4n) is 3.56. The lowest BCUT2D eigenvalue weighted by atomic mass is 10.1. The van der Waals surface area contributed by atoms with Gasteiger partial charge >= 0.3 is 0 Å². The molecule has 0 spiro atoms. The molecule has 0 saturated heterocycles. The molecule has 4 rings (SSSR count). The molecule has 0 bridgehead atoms. The Hall–Kier alpha value is -4.27. The van der Waals surface area contributed by atoms with Crippen LogP contribution in [-0.4, -0.2) is 38.8 Å². The maximum absolute atomic E-state index is 13.6. The van der Waals surface area contributed by atoms with E-state index >= 15 is 0 Å². The average Bonchev–Trinajstić information content (AvgIpc) is 3.37. The van der Waals surface area contributed by atoms with E-state index in [1.165, 1.54) is 35.5 Å². The lowest BCUT2D eigenvalue weighted by Crippen LogP contribution is -2.13. The van der Waals surface area contributed by atoms with Gasteiger partial charge in [-0.25, -0.2) is 9.37 Å². The van der Waals surface area contributed by atoms with Gasteiger partial charge in [0.05, 0.1) is 17.7 Å². The van der Waals surface area contributed by atoms with Crippen molar-refractivity contribution in [3.8, 4) is 0 Å². The third-order valence-corrected chi connectivity index (χ3v) is 4.99. The normalized spacial score (nSPS) is 12.4. The molecule has 0 fully saturated rings. The monoisotopic (exact) mass is 431 g/mol. The molecule has 1 amide bonds. The zero-order chi connectivity index (χ0) is 22.7. The zero-order valence-corrected chi connectivity index (χ0v) is 17.5. The van der Waals surface area contributed by atoms with Gasteiger partial charge in [-0.15, -0.1) is 0 Å². The Morgan fingerprint density at radius 1 is 1.41 bits per heavy atom. The number of halogens is 1. The van der Waals surface area contributed by atoms with Crippen molar-refractivity contribution in [2.45, 2.75) is 13.3 Å². The summed E-state index contributed by atoms with van der Waals surface area (Å²) < 4.78 is 15.1. The lowest BCUT2D eigenvalue weighted by molar-refractivity contribution is 0.100. The van der Waals surface area contributed by atoms with Crippen LogP contribution < -0.4 is 11.1 Å². The van der Waals surface area contributed by atoms with Crippen molar-refractivity contribution in [1.29, 1.82) is 0 Å². The Balaban J connectivity index is 1.70. The second-order valence-corrected chi connectivity index (χ2v) is 7.22. The van der Waals surface area contributed by atoms with E-state index in [1.54, 1.807) is 6.07 Å². The number of fused-ring (bicyclic) bond motifs is 2. The number of aromatic amines is 1. The first-order valence-electron chi connectivity index (χ1n) is 9.95. The highest BCUT2D eigenvalue weighted by molar-refractivity contribution is 5.99. The van der Waals surface area contributed by atoms with Crippen LogP contribution >= 0.6 is 0 Å². The number of allylic oxidation sites excluding steroid dienone is 3. The molecule has 0 aliphatic rings. The molecule has 0 aliphatic carbocycles. The number of nitrogens with zero attached hydrogens (tertiary/aromatic N) is 4. The number of aliphatic imine (C=N–C) groups is 1. The van der Waals surface area contributed by atoms with Gasteiger partial charge in [-0.05, 0) is 37.8 Å². The fourth-order valence-corrected chi connectivity index (χ4v) is 3.56. The number of anilines is 1. The molecule has 0 atom stereocenters. The minimum atomic E-state index is -0.654. The van der Waals surface area contributed by atoms with Crippen LogP contribution in [0.4, 0.5) is 10.2 Å². The molecule has 4 aromatic rings. The first kappa shape index (κ1) is 21.0. The molecule has 3 aromatic heterocycles. The van der Waals surface area contributed by atoms with E-state index in [1.807, 2.05) is 24.4 Å². The van der Waals surface area contributed by atoms with Crippen LogP contribution in [0.2, 0.25) is 0 Å². The first-order chi connectivity index (χ1) is 15.5. The average molecular weight is 431 g/mol. The second kappa shape index (κ2) is 8.84. The fraction of sp³-hybridized carbons (Fsp3) is 0.130. The van der Waals surface area contributed by atoms with Gasteiger partial charge in [0.2, 0.25) is 0 Å². The van der Waals surface area contributed by atoms with Crippen LogP contribution in [-0.2, 0) is 6.42 Å². The van der Waals surface area contributed by atoms with Gasteiger partial charge in [0, 0.05) is 41.5 Å². The van der Waals surface area contributed by atoms with Gasteiger partial charge in [-0.1, -0.05) is 18.2 Å². The number of nitrogens with two attached hydrogens (primary N) is 1. The summed E-state index contributed by atoms with van der Waals surface area (Å²) >= 11 is 0. The highest BCUT2D eigenvalue weighted by atomic mass is 19.1. The molecule has 1 aromatic carbocycles. The van der Waals surface area contributed by atoms with E-state index in [0.717, 1.165) is 17.3 Å². The summed E-state index contributed by atoms with van der Waals surface area (Å²) in [5.41, 5.74) is 8.97. The summed E-state index contributed by atoms with van der Waals surface area (Å²) in [6, 6.07) is 9.81. The third kappa shape index (κ3) is 4.13. The Labute approximate surface area is 183 Å². The molecule has 32 heavy (non-hydrogen) atoms. The number of amides is 1. The number of carbonyl (C=O) groups is 1. The third-order valence-electron chi connectivity index (χ3n) is 4.99. The van der Waals surface area contributed by atoms with Gasteiger partial charge in [-0.2, -0.15) is 9.61 Å². The van der Waals surface area contributed by atoms with E-state index in [-0.39, 0.29) is 11.2 Å². The van der Waals surface area contributed by atoms with Crippen molar-refractivity contribution in [3.63, 3.8) is 0 Å². The first-order valence-corrected chi connectivity index (χ1v) is 9.95. The van der Waals surface area contributed by atoms with Gasteiger partial charge in [0.25, 0.3) is 5.91 Å². The molecule has 162 valence electrons. The smallest absolute Gasteiger partial charge is 0.254 e. The summed E-state index contributed by atoms with van der Waals surface area (Å²) in [7, 11) is 0. The highest BCUT2D eigenvalue weighted by Crippen LogP contribution is 2.24. The summed E-state index contributed by atoms with van der Waals surface area (Å²) in [5, 5.41) is 8.76. The minimum absolute atomic E-state index is 0.165. The number of primary amides is 1. The molecule has 8 nitrogen and oxygen atoms in total. The molecule has 9 heteroatoms. The van der Waals surface area contributed by atoms with Gasteiger partial charge in [0.15, 0.2) is 5.65 Å². The SMILES string of the molecule is C=N/C=C(\C=C(/C)F)c1cc(NCCc2c[nH]c3ccccc23)n2ncc(C(N)=O)c2n1. The molecule has 0 saturated carbocycles. The number of hydrogen-bond donors (Lipinski definition) is 3. The number of aromatic nitrogens is 4. The van der Waals surface area contributed by atoms with Crippen LogP contribution in [0, 0.1) is 0 Å². The van der Waals surface area contributed by atoms with Crippen molar-refractivity contribution in [2.75, 3.05) is 11.9 Å². The van der Waals surface area contributed by atoms with Crippen molar-refractivity contribution >= 4 is 40.6 Å². The van der Waals surface area contributed by atoms with Crippen molar-refractivity contribution < 1.29 is 9.18 Å². The van der Waals surface area contributed by atoms with Crippen LogP contribution in [0.1, 0.15) is 28.5 Å². The number of nitrogens with one attached hydrogen (secondary N) is 2. The van der Waals surface area contributed by atoms with E-state index in [9.17, 15) is 9.18 Å². The molecule has 0 aliphatic heterocycles. The Morgan fingerprint density at radius 3 is 2.97 bits per heavy atom. The molecule has 0 unspecified atom stereocenters. The largest absolute Gasteiger partial charge is 0.370 e. The van der Waals surface area contributed by atoms with Crippen LogP contribution in [0.5, 0.6) is 0 Å². The van der Waals surface area contributed by atoms with E-state index < -0.39 is 11.7 Å². The van der Waals surface area contributed by atoms with Crippen molar-refractivity contribution in [1.82, 2.24) is 19.6 Å². The van der Waals surface area contributed by atoms with E-state index in [0.29, 0.717) is 23.6 Å². The number of carbonyl (C=O) groups excluding carboxylic acids is 1. The summed E-state index contributed by atoms with van der Waals surface area (Å²) in [6.45, 7) is 5.35. The summed E-state index contributed by atoms with van der Waals surface area (Å²) in [6.07, 6.45) is 6.80. The number of benzene rings is 1. The lowest BCUT2D eigenvalue weighted by Gasteiger charge is -2.11. The standard InChI is InChI=1S/C23H22FN7O/c1-14(24)9-16(11-26-2)20-10-21(31-23(30-20)18(13-29-31)22(25)32)27-8-7-15-12-28-19-6-4-3-5-17(15)19/h3-6,9-13,27-28H,2,7-8H2,1H3,(H2,25,32)/b14-9+,16-11+. The Kier molecular flexibility index (Phi) is 5.80. The molecule has 4 N–H and O–H groups in total. The highest BCUT2D eigenvalue weighted by Gasteiger charge is 2.16. The van der Waals surface area contributed by atoms with Gasteiger partial charge < -0.3 is 16.0 Å². The topological polar surface area (TPSA) is 113 Å². The second-order valence-electron chi connectivity index (χ2n) is 7.22. The van der Waals surface area contributed by atoms with E-state index in [2.05, 4.69) is 38.2 Å². The van der Waals surface area contributed by atoms with Crippen molar-refractivity contribution in [3.05, 3.63) is 77.6 Å².